The maximum Gasteiger partial charge on any atom is 0.390 e. The number of hydrogen-bond acceptors (Lipinski definition) is 3. The molecule has 19 heavy (non-hydrogen) atoms. The van der Waals surface area contributed by atoms with E-state index in [1.54, 1.807) is 11.9 Å². The maximum atomic E-state index is 12.7. The summed E-state index contributed by atoms with van der Waals surface area (Å²) in [6.45, 7) is 0.364. The molecule has 0 aliphatic rings. The van der Waals surface area contributed by atoms with Crippen molar-refractivity contribution in [2.75, 3.05) is 20.1 Å². The summed E-state index contributed by atoms with van der Waals surface area (Å²) in [5, 5.41) is 0. The lowest BCUT2D eigenvalue weighted by Gasteiger charge is -2.19. The van der Waals surface area contributed by atoms with Gasteiger partial charge < -0.3 is 10.6 Å². The van der Waals surface area contributed by atoms with Gasteiger partial charge in [0.05, 0.1) is 18.3 Å². The quantitative estimate of drug-likeness (QED) is 0.813. The largest absolute Gasteiger partial charge is 0.390 e. The smallest absolute Gasteiger partial charge is 0.323 e. The SMILES string of the molecule is CN(CCC(N)c1ccc(F)cn1)CCC(F)(F)F. The number of hydrogen-bond donors (Lipinski definition) is 1. The number of nitrogens with zero attached hydrogens (tertiary/aromatic N) is 2. The predicted octanol–water partition coefficient (Wildman–Crippen LogP) is 2.49. The third-order valence-electron chi connectivity index (χ3n) is 2.73. The van der Waals surface area contributed by atoms with Gasteiger partial charge in [-0.1, -0.05) is 0 Å². The van der Waals surface area contributed by atoms with Gasteiger partial charge in [0.2, 0.25) is 0 Å². The Morgan fingerprint density at radius 2 is 2.00 bits per heavy atom. The van der Waals surface area contributed by atoms with E-state index < -0.39 is 24.5 Å². The monoisotopic (exact) mass is 279 g/mol. The van der Waals surface area contributed by atoms with Gasteiger partial charge >= 0.3 is 6.18 Å². The van der Waals surface area contributed by atoms with E-state index in [-0.39, 0.29) is 6.54 Å². The summed E-state index contributed by atoms with van der Waals surface area (Å²) in [5.74, 6) is -0.446. The zero-order chi connectivity index (χ0) is 14.5. The molecule has 1 heterocycles. The number of aromatic nitrogens is 1. The topological polar surface area (TPSA) is 42.1 Å². The molecule has 108 valence electrons. The Morgan fingerprint density at radius 1 is 1.32 bits per heavy atom. The predicted molar refractivity (Wildman–Crippen MR) is 63.9 cm³/mol. The van der Waals surface area contributed by atoms with Crippen LogP contribution < -0.4 is 5.73 Å². The lowest BCUT2D eigenvalue weighted by atomic mass is 10.1. The lowest BCUT2D eigenvalue weighted by molar-refractivity contribution is -0.137. The van der Waals surface area contributed by atoms with Gasteiger partial charge in [-0.25, -0.2) is 4.39 Å². The Hall–Kier alpha value is -1.21. The van der Waals surface area contributed by atoms with Crippen LogP contribution in [0, 0.1) is 5.82 Å². The molecule has 0 aliphatic heterocycles. The first-order chi connectivity index (χ1) is 8.78. The van der Waals surface area contributed by atoms with Crippen molar-refractivity contribution in [1.82, 2.24) is 9.88 Å². The van der Waals surface area contributed by atoms with Crippen molar-refractivity contribution in [3.63, 3.8) is 0 Å². The number of rotatable bonds is 6. The number of nitrogens with two attached hydrogens (primary N) is 1. The van der Waals surface area contributed by atoms with E-state index >= 15 is 0 Å². The minimum absolute atomic E-state index is 0.0624. The third-order valence-corrected chi connectivity index (χ3v) is 2.73. The van der Waals surface area contributed by atoms with E-state index in [0.29, 0.717) is 18.7 Å². The van der Waals surface area contributed by atoms with Crippen LogP contribution in [0.5, 0.6) is 0 Å². The van der Waals surface area contributed by atoms with E-state index in [1.807, 2.05) is 0 Å². The summed E-state index contributed by atoms with van der Waals surface area (Å²) in [4.78, 5) is 5.41. The van der Waals surface area contributed by atoms with Crippen molar-refractivity contribution < 1.29 is 17.6 Å². The van der Waals surface area contributed by atoms with Crippen molar-refractivity contribution >= 4 is 0 Å². The molecule has 7 heteroatoms. The van der Waals surface area contributed by atoms with Gasteiger partial charge in [0.1, 0.15) is 5.82 Å². The van der Waals surface area contributed by atoms with Crippen LogP contribution in [0.1, 0.15) is 24.6 Å². The first-order valence-electron chi connectivity index (χ1n) is 5.90. The van der Waals surface area contributed by atoms with Gasteiger partial charge in [0.25, 0.3) is 0 Å². The Balaban J connectivity index is 2.33. The fourth-order valence-corrected chi connectivity index (χ4v) is 1.54. The van der Waals surface area contributed by atoms with Crippen molar-refractivity contribution in [1.29, 1.82) is 0 Å². The average molecular weight is 279 g/mol. The summed E-state index contributed by atoms with van der Waals surface area (Å²) in [7, 11) is 1.61. The zero-order valence-electron chi connectivity index (χ0n) is 10.6. The molecule has 0 radical (unpaired) electrons. The fraction of sp³-hybridized carbons (Fsp3) is 0.583. The third kappa shape index (κ3) is 6.49. The molecule has 1 aromatic rings. The van der Waals surface area contributed by atoms with E-state index in [2.05, 4.69) is 4.98 Å². The van der Waals surface area contributed by atoms with E-state index in [4.69, 9.17) is 5.73 Å². The average Bonchev–Trinajstić information content (AvgIpc) is 2.33. The standard InChI is InChI=1S/C12H17F4N3/c1-19(7-5-12(14,15)16)6-4-10(17)11-3-2-9(13)8-18-11/h2-3,8,10H,4-7,17H2,1H3. The molecule has 1 aromatic heterocycles. The summed E-state index contributed by atoms with van der Waals surface area (Å²) in [6.07, 6.45) is -3.45. The van der Waals surface area contributed by atoms with Crippen molar-refractivity contribution in [2.24, 2.45) is 5.73 Å². The molecule has 0 fully saturated rings. The highest BCUT2D eigenvalue weighted by atomic mass is 19.4. The van der Waals surface area contributed by atoms with Gasteiger partial charge in [0, 0.05) is 12.6 Å². The molecule has 0 amide bonds. The van der Waals surface area contributed by atoms with E-state index in [1.165, 1.54) is 12.1 Å². The lowest BCUT2D eigenvalue weighted by Crippen LogP contribution is -2.27. The molecule has 0 bridgehead atoms. The molecule has 1 unspecified atom stereocenters. The molecule has 0 saturated carbocycles. The summed E-state index contributed by atoms with van der Waals surface area (Å²) in [6, 6.07) is 2.33. The highest BCUT2D eigenvalue weighted by Crippen LogP contribution is 2.19. The summed E-state index contributed by atoms with van der Waals surface area (Å²) >= 11 is 0. The van der Waals surface area contributed by atoms with E-state index in [9.17, 15) is 17.6 Å². The van der Waals surface area contributed by atoms with Crippen molar-refractivity contribution in [3.05, 3.63) is 29.8 Å². The highest BCUT2D eigenvalue weighted by Gasteiger charge is 2.27. The molecular formula is C12H17F4N3. The second kappa shape index (κ2) is 6.81. The Morgan fingerprint density at radius 3 is 2.53 bits per heavy atom. The Kier molecular flexibility index (Phi) is 5.68. The number of halogens is 4. The number of pyridine rings is 1. The van der Waals surface area contributed by atoms with Crippen molar-refractivity contribution in [3.8, 4) is 0 Å². The molecular weight excluding hydrogens is 262 g/mol. The molecule has 1 rings (SSSR count). The number of alkyl halides is 3. The van der Waals surface area contributed by atoms with Gasteiger partial charge in [-0.05, 0) is 32.1 Å². The zero-order valence-corrected chi connectivity index (χ0v) is 10.6. The van der Waals surface area contributed by atoms with Crippen LogP contribution in [0.25, 0.3) is 0 Å². The van der Waals surface area contributed by atoms with Gasteiger partial charge in [-0.2, -0.15) is 13.2 Å². The molecule has 2 N–H and O–H groups in total. The molecule has 0 saturated heterocycles. The molecule has 3 nitrogen and oxygen atoms in total. The maximum absolute atomic E-state index is 12.7. The van der Waals surface area contributed by atoms with Crippen LogP contribution in [0.4, 0.5) is 17.6 Å². The van der Waals surface area contributed by atoms with Gasteiger partial charge in [0.15, 0.2) is 0 Å². The van der Waals surface area contributed by atoms with Crippen LogP contribution >= 0.6 is 0 Å². The first-order valence-corrected chi connectivity index (χ1v) is 5.90. The van der Waals surface area contributed by atoms with Crippen LogP contribution in [-0.4, -0.2) is 36.2 Å². The van der Waals surface area contributed by atoms with Crippen LogP contribution in [0.15, 0.2) is 18.3 Å². The molecule has 0 spiro atoms. The van der Waals surface area contributed by atoms with Crippen LogP contribution in [0.2, 0.25) is 0 Å². The second-order valence-corrected chi connectivity index (χ2v) is 4.46. The molecule has 1 atom stereocenters. The minimum Gasteiger partial charge on any atom is -0.323 e. The van der Waals surface area contributed by atoms with Gasteiger partial charge in [-0.15, -0.1) is 0 Å². The van der Waals surface area contributed by atoms with Crippen molar-refractivity contribution in [2.45, 2.75) is 25.1 Å². The highest BCUT2D eigenvalue weighted by molar-refractivity contribution is 5.09. The Bertz CT molecular complexity index is 378. The second-order valence-electron chi connectivity index (χ2n) is 4.46. The Labute approximate surface area is 109 Å². The normalized spacial score (nSPS) is 13.8. The summed E-state index contributed by atoms with van der Waals surface area (Å²) in [5.41, 5.74) is 6.37. The van der Waals surface area contributed by atoms with Crippen LogP contribution in [0.3, 0.4) is 0 Å². The minimum atomic E-state index is -4.14. The fourth-order valence-electron chi connectivity index (χ4n) is 1.54. The molecule has 0 aromatic carbocycles. The van der Waals surface area contributed by atoms with Crippen LogP contribution in [-0.2, 0) is 0 Å². The molecule has 0 aliphatic carbocycles. The summed E-state index contributed by atoms with van der Waals surface area (Å²) < 4.78 is 48.7. The first kappa shape index (κ1) is 15.8. The van der Waals surface area contributed by atoms with Gasteiger partial charge in [-0.3, -0.25) is 4.98 Å². The van der Waals surface area contributed by atoms with E-state index in [0.717, 1.165) is 6.20 Å².